The van der Waals surface area contributed by atoms with E-state index in [1.807, 2.05) is 13.8 Å². The minimum atomic E-state index is 0.249. The molecule has 86 valence electrons. The molecule has 2 heteroatoms. The molecule has 0 bridgehead atoms. The minimum absolute atomic E-state index is 0.249. The summed E-state index contributed by atoms with van der Waals surface area (Å²) in [6, 6.07) is 1.71. The number of aromatic hydroxyl groups is 2. The van der Waals surface area contributed by atoms with E-state index >= 15 is 0 Å². The first kappa shape index (κ1) is 11.1. The molecule has 0 saturated heterocycles. The van der Waals surface area contributed by atoms with Gasteiger partial charge in [0.25, 0.3) is 0 Å². The lowest BCUT2D eigenvalue weighted by molar-refractivity contribution is 0.442. The number of rotatable bonds is 1. The zero-order valence-corrected chi connectivity index (χ0v) is 9.83. The normalized spacial score (nSPS) is 20.0. The highest BCUT2D eigenvalue weighted by Gasteiger charge is 2.18. The van der Waals surface area contributed by atoms with Crippen LogP contribution in [-0.4, -0.2) is 10.2 Å². The summed E-state index contributed by atoms with van der Waals surface area (Å²) in [5.41, 5.74) is 2.41. The average Bonchev–Trinajstić information content (AvgIpc) is 2.32. The van der Waals surface area contributed by atoms with Crippen LogP contribution < -0.4 is 0 Å². The average molecular weight is 218 g/mol. The maximum atomic E-state index is 10.1. The number of phenols is 2. The molecule has 16 heavy (non-hydrogen) atoms. The third-order valence-corrected chi connectivity index (χ3v) is 3.52. The van der Waals surface area contributed by atoms with Gasteiger partial charge in [0.1, 0.15) is 11.5 Å². The molecule has 0 saturated carbocycles. The third kappa shape index (κ3) is 1.80. The molecule has 0 heterocycles. The topological polar surface area (TPSA) is 40.5 Å². The Balaban J connectivity index is 2.48. The smallest absolute Gasteiger partial charge is 0.122 e. The molecule has 0 aliphatic heterocycles. The summed E-state index contributed by atoms with van der Waals surface area (Å²) in [5.74, 6) is 0.870. The van der Waals surface area contributed by atoms with Gasteiger partial charge in [0, 0.05) is 11.5 Å². The highest BCUT2D eigenvalue weighted by atomic mass is 16.3. The molecule has 0 amide bonds. The molecule has 1 unspecified atom stereocenters. The summed E-state index contributed by atoms with van der Waals surface area (Å²) in [5, 5.41) is 19.9. The second-order valence-electron chi connectivity index (χ2n) is 4.55. The quantitative estimate of drug-likeness (QED) is 0.559. The van der Waals surface area contributed by atoms with Gasteiger partial charge in [-0.3, -0.25) is 0 Å². The van der Waals surface area contributed by atoms with Crippen molar-refractivity contribution in [1.29, 1.82) is 0 Å². The first-order valence-electron chi connectivity index (χ1n) is 5.80. The van der Waals surface area contributed by atoms with Gasteiger partial charge >= 0.3 is 0 Å². The van der Waals surface area contributed by atoms with E-state index in [0.29, 0.717) is 5.75 Å². The van der Waals surface area contributed by atoms with E-state index in [4.69, 9.17) is 0 Å². The van der Waals surface area contributed by atoms with E-state index in [-0.39, 0.29) is 11.7 Å². The molecule has 1 aromatic rings. The van der Waals surface area contributed by atoms with Crippen molar-refractivity contribution in [2.24, 2.45) is 0 Å². The summed E-state index contributed by atoms with van der Waals surface area (Å²) in [6.07, 6.45) is 7.60. The van der Waals surface area contributed by atoms with Crippen molar-refractivity contribution in [3.8, 4) is 11.5 Å². The van der Waals surface area contributed by atoms with Gasteiger partial charge in [0.15, 0.2) is 0 Å². The maximum absolute atomic E-state index is 10.1. The van der Waals surface area contributed by atoms with E-state index in [9.17, 15) is 10.2 Å². The van der Waals surface area contributed by atoms with Gasteiger partial charge in [0.2, 0.25) is 0 Å². The molecule has 1 aromatic carbocycles. The molecule has 0 fully saturated rings. The number of phenolic OH excluding ortho intramolecular Hbond substituents is 2. The van der Waals surface area contributed by atoms with Crippen LogP contribution in [0, 0.1) is 13.8 Å². The number of benzene rings is 1. The third-order valence-electron chi connectivity index (χ3n) is 3.52. The van der Waals surface area contributed by atoms with Crippen LogP contribution in [-0.2, 0) is 0 Å². The maximum Gasteiger partial charge on any atom is 0.122 e. The predicted octanol–water partition coefficient (Wildman–Crippen LogP) is 3.54. The predicted molar refractivity (Wildman–Crippen MR) is 65.0 cm³/mol. The molecule has 0 aromatic heterocycles. The van der Waals surface area contributed by atoms with Crippen LogP contribution in [0.4, 0.5) is 0 Å². The molecule has 1 aliphatic carbocycles. The molecule has 1 atom stereocenters. The van der Waals surface area contributed by atoms with Gasteiger partial charge in [-0.05, 0) is 50.3 Å². The summed E-state index contributed by atoms with van der Waals surface area (Å²) in [7, 11) is 0. The number of hydrogen-bond donors (Lipinski definition) is 2. The molecular formula is C14H18O2. The van der Waals surface area contributed by atoms with Crippen molar-refractivity contribution in [2.45, 2.75) is 39.0 Å². The fourth-order valence-electron chi connectivity index (χ4n) is 2.26. The lowest BCUT2D eigenvalue weighted by Crippen LogP contribution is -2.01. The van der Waals surface area contributed by atoms with Crippen molar-refractivity contribution in [3.63, 3.8) is 0 Å². The van der Waals surface area contributed by atoms with Crippen LogP contribution >= 0.6 is 0 Å². The molecule has 0 spiro atoms. The Labute approximate surface area is 96.2 Å². The molecule has 2 N–H and O–H groups in total. The second-order valence-corrected chi connectivity index (χ2v) is 4.55. The van der Waals surface area contributed by atoms with Gasteiger partial charge in [-0.2, -0.15) is 0 Å². The van der Waals surface area contributed by atoms with Crippen molar-refractivity contribution < 1.29 is 10.2 Å². The zero-order valence-electron chi connectivity index (χ0n) is 9.83. The Morgan fingerprint density at radius 2 is 1.94 bits per heavy atom. The minimum Gasteiger partial charge on any atom is -0.508 e. The summed E-state index contributed by atoms with van der Waals surface area (Å²) < 4.78 is 0. The van der Waals surface area contributed by atoms with Crippen LogP contribution in [0.15, 0.2) is 18.2 Å². The van der Waals surface area contributed by atoms with Crippen LogP contribution in [0.2, 0.25) is 0 Å². The molecule has 2 rings (SSSR count). The van der Waals surface area contributed by atoms with Crippen molar-refractivity contribution in [3.05, 3.63) is 34.9 Å². The van der Waals surface area contributed by atoms with Crippen molar-refractivity contribution >= 4 is 0 Å². The molecule has 0 radical (unpaired) electrons. The lowest BCUT2D eigenvalue weighted by atomic mass is 9.87. The molecule has 1 aliphatic rings. The van der Waals surface area contributed by atoms with Gasteiger partial charge in [-0.1, -0.05) is 12.2 Å². The van der Waals surface area contributed by atoms with Gasteiger partial charge in [-0.25, -0.2) is 0 Å². The largest absolute Gasteiger partial charge is 0.508 e. The van der Waals surface area contributed by atoms with Crippen LogP contribution in [0.1, 0.15) is 41.9 Å². The standard InChI is InChI=1S/C14H18O2/c1-9-10(2)14(16)12(8-13(9)15)11-6-4-3-5-7-11/h4,6,8,11,15-16H,3,5,7H2,1-2H3. The summed E-state index contributed by atoms with van der Waals surface area (Å²) in [6.45, 7) is 3.67. The van der Waals surface area contributed by atoms with Crippen molar-refractivity contribution in [1.82, 2.24) is 0 Å². The first-order valence-corrected chi connectivity index (χ1v) is 5.80. The van der Waals surface area contributed by atoms with Crippen molar-refractivity contribution in [2.75, 3.05) is 0 Å². The van der Waals surface area contributed by atoms with Crippen LogP contribution in [0.3, 0.4) is 0 Å². The Kier molecular flexibility index (Phi) is 2.90. The highest BCUT2D eigenvalue weighted by molar-refractivity contribution is 5.53. The first-order chi connectivity index (χ1) is 7.61. The van der Waals surface area contributed by atoms with E-state index in [1.54, 1.807) is 6.07 Å². The van der Waals surface area contributed by atoms with E-state index < -0.39 is 0 Å². The molecule has 2 nitrogen and oxygen atoms in total. The van der Waals surface area contributed by atoms with Gasteiger partial charge in [-0.15, -0.1) is 0 Å². The van der Waals surface area contributed by atoms with E-state index in [2.05, 4.69) is 12.2 Å². The van der Waals surface area contributed by atoms with Crippen LogP contribution in [0.25, 0.3) is 0 Å². The van der Waals surface area contributed by atoms with E-state index in [1.165, 1.54) is 0 Å². The van der Waals surface area contributed by atoms with Gasteiger partial charge in [0.05, 0.1) is 0 Å². The van der Waals surface area contributed by atoms with E-state index in [0.717, 1.165) is 36.0 Å². The fraction of sp³-hybridized carbons (Fsp3) is 0.429. The van der Waals surface area contributed by atoms with Gasteiger partial charge < -0.3 is 10.2 Å². The Morgan fingerprint density at radius 3 is 2.56 bits per heavy atom. The SMILES string of the molecule is Cc1c(O)cc(C2C=CCCC2)c(O)c1C. The Morgan fingerprint density at radius 1 is 1.19 bits per heavy atom. The molecular weight excluding hydrogens is 200 g/mol. The Bertz CT molecular complexity index is 433. The summed E-state index contributed by atoms with van der Waals surface area (Å²) >= 11 is 0. The highest BCUT2D eigenvalue weighted by Crippen LogP contribution is 2.39. The Hall–Kier alpha value is -1.44. The lowest BCUT2D eigenvalue weighted by Gasteiger charge is -2.20. The fourth-order valence-corrected chi connectivity index (χ4v) is 2.26. The van der Waals surface area contributed by atoms with Crippen LogP contribution in [0.5, 0.6) is 11.5 Å². The monoisotopic (exact) mass is 218 g/mol. The zero-order chi connectivity index (χ0) is 11.7. The second kappa shape index (κ2) is 4.20. The number of hydrogen-bond acceptors (Lipinski definition) is 2. The number of allylic oxidation sites excluding steroid dienone is 2. The summed E-state index contributed by atoms with van der Waals surface area (Å²) in [4.78, 5) is 0.